The lowest BCUT2D eigenvalue weighted by Crippen LogP contribution is -2.29. The summed E-state index contributed by atoms with van der Waals surface area (Å²) < 4.78 is 0. The summed E-state index contributed by atoms with van der Waals surface area (Å²) in [6.45, 7) is 7.67. The van der Waals surface area contributed by atoms with Gasteiger partial charge in [-0.15, -0.1) is 0 Å². The predicted molar refractivity (Wildman–Crippen MR) is 63.5 cm³/mol. The molecule has 1 N–H and O–H groups in total. The quantitative estimate of drug-likeness (QED) is 0.662. The van der Waals surface area contributed by atoms with E-state index >= 15 is 0 Å². The topological polar surface area (TPSA) is 12.0 Å². The lowest BCUT2D eigenvalue weighted by atomic mass is 9.97. The lowest BCUT2D eigenvalue weighted by molar-refractivity contribution is 0.434. The van der Waals surface area contributed by atoms with Crippen LogP contribution in [0.3, 0.4) is 0 Å². The molecule has 82 valence electrons. The standard InChI is InChI=1S/C13H25N/c1-4-14-13(9-11(2)3)10-12-7-5-6-8-12/h9,12-14H,4-8,10H2,1-3H3. The molecule has 0 heterocycles. The van der Waals surface area contributed by atoms with E-state index in [9.17, 15) is 0 Å². The number of allylic oxidation sites excluding steroid dienone is 1. The van der Waals surface area contributed by atoms with Crippen LogP contribution in [0.5, 0.6) is 0 Å². The van der Waals surface area contributed by atoms with E-state index in [0.29, 0.717) is 6.04 Å². The normalized spacial score (nSPS) is 19.6. The maximum atomic E-state index is 3.56. The van der Waals surface area contributed by atoms with E-state index in [-0.39, 0.29) is 0 Å². The maximum absolute atomic E-state index is 3.56. The first-order valence-electron chi connectivity index (χ1n) is 6.10. The first kappa shape index (κ1) is 11.8. The van der Waals surface area contributed by atoms with Crippen LogP contribution in [-0.2, 0) is 0 Å². The van der Waals surface area contributed by atoms with Crippen LogP contribution in [0.15, 0.2) is 11.6 Å². The van der Waals surface area contributed by atoms with Gasteiger partial charge < -0.3 is 5.32 Å². The molecular weight excluding hydrogens is 170 g/mol. The molecule has 1 aliphatic rings. The summed E-state index contributed by atoms with van der Waals surface area (Å²) in [6.07, 6.45) is 9.56. The van der Waals surface area contributed by atoms with Crippen molar-refractivity contribution in [2.45, 2.75) is 58.9 Å². The molecule has 1 atom stereocenters. The first-order valence-corrected chi connectivity index (χ1v) is 6.10. The Morgan fingerprint density at radius 1 is 1.36 bits per heavy atom. The monoisotopic (exact) mass is 195 g/mol. The Labute approximate surface area is 89.0 Å². The van der Waals surface area contributed by atoms with Gasteiger partial charge in [0.1, 0.15) is 0 Å². The van der Waals surface area contributed by atoms with Crippen molar-refractivity contribution in [3.05, 3.63) is 11.6 Å². The third-order valence-electron chi connectivity index (χ3n) is 3.06. The predicted octanol–water partition coefficient (Wildman–Crippen LogP) is 3.51. The fourth-order valence-corrected chi connectivity index (χ4v) is 2.48. The summed E-state index contributed by atoms with van der Waals surface area (Å²) in [7, 11) is 0. The van der Waals surface area contributed by atoms with Gasteiger partial charge in [-0.25, -0.2) is 0 Å². The zero-order chi connectivity index (χ0) is 10.4. The molecule has 0 spiro atoms. The largest absolute Gasteiger partial charge is 0.311 e. The zero-order valence-corrected chi connectivity index (χ0v) is 9.97. The SMILES string of the molecule is CCNC(C=C(C)C)CC1CCCC1. The first-order chi connectivity index (χ1) is 6.72. The fraction of sp³-hybridized carbons (Fsp3) is 0.846. The summed E-state index contributed by atoms with van der Waals surface area (Å²) in [5.74, 6) is 0.981. The fourth-order valence-electron chi connectivity index (χ4n) is 2.48. The van der Waals surface area contributed by atoms with E-state index in [0.717, 1.165) is 12.5 Å². The molecule has 1 heteroatoms. The van der Waals surface area contributed by atoms with Gasteiger partial charge in [-0.05, 0) is 32.7 Å². The van der Waals surface area contributed by atoms with Crippen LogP contribution >= 0.6 is 0 Å². The Bertz CT molecular complexity index is 174. The van der Waals surface area contributed by atoms with Crippen molar-refractivity contribution in [2.75, 3.05) is 6.54 Å². The number of hydrogen-bond acceptors (Lipinski definition) is 1. The Hall–Kier alpha value is -0.300. The van der Waals surface area contributed by atoms with Crippen molar-refractivity contribution in [1.82, 2.24) is 5.32 Å². The Morgan fingerprint density at radius 3 is 2.50 bits per heavy atom. The molecule has 1 unspecified atom stereocenters. The van der Waals surface area contributed by atoms with Gasteiger partial charge in [-0.1, -0.05) is 44.3 Å². The summed E-state index contributed by atoms with van der Waals surface area (Å²) in [6, 6.07) is 0.619. The van der Waals surface area contributed by atoms with E-state index in [1.807, 2.05) is 0 Å². The molecule has 1 nitrogen and oxygen atoms in total. The lowest BCUT2D eigenvalue weighted by Gasteiger charge is -2.18. The molecule has 14 heavy (non-hydrogen) atoms. The summed E-state index contributed by atoms with van der Waals surface area (Å²) in [4.78, 5) is 0. The molecule has 0 radical (unpaired) electrons. The van der Waals surface area contributed by atoms with Crippen molar-refractivity contribution in [1.29, 1.82) is 0 Å². The van der Waals surface area contributed by atoms with Gasteiger partial charge in [-0.2, -0.15) is 0 Å². The van der Waals surface area contributed by atoms with Gasteiger partial charge in [0.05, 0.1) is 0 Å². The van der Waals surface area contributed by atoms with Crippen molar-refractivity contribution in [2.24, 2.45) is 5.92 Å². The van der Waals surface area contributed by atoms with Crippen molar-refractivity contribution >= 4 is 0 Å². The highest BCUT2D eigenvalue weighted by atomic mass is 14.9. The molecule has 1 rings (SSSR count). The van der Waals surface area contributed by atoms with Crippen molar-refractivity contribution in [3.8, 4) is 0 Å². The van der Waals surface area contributed by atoms with Crippen LogP contribution < -0.4 is 5.32 Å². The minimum absolute atomic E-state index is 0.619. The molecule has 1 fully saturated rings. The summed E-state index contributed by atoms with van der Waals surface area (Å²) in [5.41, 5.74) is 1.44. The second-order valence-electron chi connectivity index (χ2n) is 4.79. The molecule has 0 bridgehead atoms. The van der Waals surface area contributed by atoms with E-state index in [4.69, 9.17) is 0 Å². The van der Waals surface area contributed by atoms with Crippen LogP contribution in [-0.4, -0.2) is 12.6 Å². The molecule has 0 amide bonds. The average molecular weight is 195 g/mol. The minimum Gasteiger partial charge on any atom is -0.311 e. The van der Waals surface area contributed by atoms with E-state index in [2.05, 4.69) is 32.2 Å². The highest BCUT2D eigenvalue weighted by Crippen LogP contribution is 2.28. The Balaban J connectivity index is 2.37. The Morgan fingerprint density at radius 2 is 2.00 bits per heavy atom. The van der Waals surface area contributed by atoms with Crippen molar-refractivity contribution < 1.29 is 0 Å². The van der Waals surface area contributed by atoms with Gasteiger partial charge in [0.15, 0.2) is 0 Å². The van der Waals surface area contributed by atoms with Crippen LogP contribution in [0.2, 0.25) is 0 Å². The number of hydrogen-bond donors (Lipinski definition) is 1. The van der Waals surface area contributed by atoms with Gasteiger partial charge in [0.2, 0.25) is 0 Å². The summed E-state index contributed by atoms with van der Waals surface area (Å²) >= 11 is 0. The molecule has 0 saturated heterocycles. The molecule has 1 saturated carbocycles. The second kappa shape index (κ2) is 6.23. The molecule has 0 aromatic carbocycles. The molecular formula is C13H25N. The third-order valence-corrected chi connectivity index (χ3v) is 3.06. The molecule has 1 aliphatic carbocycles. The summed E-state index contributed by atoms with van der Waals surface area (Å²) in [5, 5.41) is 3.56. The molecule has 0 aromatic heterocycles. The van der Waals surface area contributed by atoms with Gasteiger partial charge in [-0.3, -0.25) is 0 Å². The zero-order valence-electron chi connectivity index (χ0n) is 9.97. The van der Waals surface area contributed by atoms with E-state index < -0.39 is 0 Å². The molecule has 0 aromatic rings. The van der Waals surface area contributed by atoms with Gasteiger partial charge in [0, 0.05) is 6.04 Å². The average Bonchev–Trinajstić information content (AvgIpc) is 2.56. The highest BCUT2D eigenvalue weighted by molar-refractivity contribution is 5.01. The minimum atomic E-state index is 0.619. The maximum Gasteiger partial charge on any atom is 0.0254 e. The molecule has 0 aliphatic heterocycles. The third kappa shape index (κ3) is 4.28. The number of rotatable bonds is 5. The van der Waals surface area contributed by atoms with Crippen LogP contribution in [0, 0.1) is 5.92 Å². The smallest absolute Gasteiger partial charge is 0.0254 e. The van der Waals surface area contributed by atoms with Crippen LogP contribution in [0.1, 0.15) is 52.9 Å². The number of nitrogens with one attached hydrogen (secondary N) is 1. The van der Waals surface area contributed by atoms with Crippen LogP contribution in [0.25, 0.3) is 0 Å². The highest BCUT2D eigenvalue weighted by Gasteiger charge is 2.18. The Kier molecular flexibility index (Phi) is 5.24. The number of likely N-dealkylation sites (N-methyl/N-ethyl adjacent to an activating group) is 1. The van der Waals surface area contributed by atoms with E-state index in [1.165, 1.54) is 37.7 Å². The van der Waals surface area contributed by atoms with Crippen LogP contribution in [0.4, 0.5) is 0 Å². The van der Waals surface area contributed by atoms with Crippen molar-refractivity contribution in [3.63, 3.8) is 0 Å². The second-order valence-corrected chi connectivity index (χ2v) is 4.79. The van der Waals surface area contributed by atoms with Gasteiger partial charge in [0.25, 0.3) is 0 Å². The van der Waals surface area contributed by atoms with E-state index in [1.54, 1.807) is 0 Å². The van der Waals surface area contributed by atoms with Gasteiger partial charge >= 0.3 is 0 Å².